The zero-order valence-electron chi connectivity index (χ0n) is 7.68. The minimum atomic E-state index is -4.51. The summed E-state index contributed by atoms with van der Waals surface area (Å²) in [6, 6.07) is 0. The third kappa shape index (κ3) is 2.62. The molecule has 2 saturated heterocycles. The van der Waals surface area contributed by atoms with Crippen LogP contribution in [-0.2, 0) is 27.2 Å². The van der Waals surface area contributed by atoms with Crippen LogP contribution in [-0.4, -0.2) is 25.4 Å². The molecule has 1 spiro atoms. The third-order valence-electron chi connectivity index (χ3n) is 2.22. The van der Waals surface area contributed by atoms with Gasteiger partial charge in [0, 0.05) is 11.2 Å². The van der Waals surface area contributed by atoms with E-state index in [1.807, 2.05) is 0 Å². The van der Waals surface area contributed by atoms with Crippen LogP contribution >= 0.6 is 37.7 Å². The van der Waals surface area contributed by atoms with Crippen molar-refractivity contribution in [3.05, 3.63) is 0 Å². The van der Waals surface area contributed by atoms with E-state index in [1.165, 1.54) is 0 Å². The molecule has 0 saturated carbocycles. The molecular formula is C5H7Cl2FO6P2. The number of hydrogen-bond acceptors (Lipinski definition) is 6. The largest absolute Gasteiger partial charge is 0.513 e. The molecule has 6 nitrogen and oxygen atoms in total. The molecule has 2 aliphatic rings. The van der Waals surface area contributed by atoms with Gasteiger partial charge in [0.2, 0.25) is 0 Å². The first kappa shape index (κ1) is 13.2. The van der Waals surface area contributed by atoms with Crippen LogP contribution in [0.3, 0.4) is 0 Å². The summed E-state index contributed by atoms with van der Waals surface area (Å²) in [5.41, 5.74) is -2.20. The second-order valence-corrected chi connectivity index (χ2v) is 7.81. The van der Waals surface area contributed by atoms with Crippen molar-refractivity contribution in [3.63, 3.8) is 0 Å². The van der Waals surface area contributed by atoms with Crippen LogP contribution < -0.4 is 0 Å². The molecule has 0 aliphatic carbocycles. The Morgan fingerprint density at radius 1 is 1.19 bits per heavy atom. The van der Waals surface area contributed by atoms with Gasteiger partial charge >= 0.3 is 14.9 Å². The molecule has 0 N–H and O–H groups in total. The monoisotopic (exact) mass is 314 g/mol. The van der Waals surface area contributed by atoms with Crippen LogP contribution in [0.15, 0.2) is 0 Å². The smallest absolute Gasteiger partial charge is 0.296 e. The van der Waals surface area contributed by atoms with E-state index < -0.39 is 25.8 Å². The van der Waals surface area contributed by atoms with Gasteiger partial charge in [-0.05, 0) is 0 Å². The van der Waals surface area contributed by atoms with E-state index in [9.17, 15) is 13.3 Å². The molecule has 2 fully saturated rings. The lowest BCUT2D eigenvalue weighted by molar-refractivity contribution is -0.0864. The van der Waals surface area contributed by atoms with Crippen molar-refractivity contribution >= 4 is 37.7 Å². The molecule has 2 rings (SSSR count). The maximum Gasteiger partial charge on any atom is 0.513 e. The van der Waals surface area contributed by atoms with Crippen molar-refractivity contribution in [1.82, 2.24) is 0 Å². The number of rotatable bonds is 0. The average molecular weight is 315 g/mol. The summed E-state index contributed by atoms with van der Waals surface area (Å²) >= 11 is 11.1. The van der Waals surface area contributed by atoms with Crippen LogP contribution in [0.1, 0.15) is 0 Å². The summed E-state index contributed by atoms with van der Waals surface area (Å²) in [5, 5.41) is 0. The second kappa shape index (κ2) is 4.18. The van der Waals surface area contributed by atoms with Gasteiger partial charge in [0.25, 0.3) is 0 Å². The van der Waals surface area contributed by atoms with Crippen molar-refractivity contribution in [3.8, 4) is 0 Å². The van der Waals surface area contributed by atoms with Gasteiger partial charge in [0.1, 0.15) is 0 Å². The first-order chi connectivity index (χ1) is 7.25. The molecule has 94 valence electrons. The molecule has 0 aromatic rings. The van der Waals surface area contributed by atoms with E-state index in [0.29, 0.717) is 0 Å². The van der Waals surface area contributed by atoms with E-state index in [4.69, 9.17) is 31.9 Å². The Hall–Kier alpha value is 0.810. The highest BCUT2D eigenvalue weighted by atomic mass is 35.7. The first-order valence-corrected chi connectivity index (χ1v) is 8.42. The molecule has 11 heteroatoms. The van der Waals surface area contributed by atoms with E-state index in [0.717, 1.165) is 0 Å². The van der Waals surface area contributed by atoms with E-state index in [1.54, 1.807) is 0 Å². The lowest BCUT2D eigenvalue weighted by Crippen LogP contribution is -2.49. The predicted octanol–water partition coefficient (Wildman–Crippen LogP) is 3.06. The predicted molar refractivity (Wildman–Crippen MR) is 53.2 cm³/mol. The van der Waals surface area contributed by atoms with Gasteiger partial charge in [-0.1, -0.05) is 11.6 Å². The van der Waals surface area contributed by atoms with E-state index in [2.05, 4.69) is 9.05 Å². The zero-order valence-corrected chi connectivity index (χ0v) is 11.0. The van der Waals surface area contributed by atoms with Crippen LogP contribution in [0.4, 0.5) is 4.20 Å². The lowest BCUT2D eigenvalue weighted by atomic mass is 9.92. The number of halogens is 3. The van der Waals surface area contributed by atoms with Crippen LogP contribution in [0.2, 0.25) is 0 Å². The highest BCUT2D eigenvalue weighted by Crippen LogP contribution is 2.64. The van der Waals surface area contributed by atoms with Gasteiger partial charge < -0.3 is 0 Å². The Bertz CT molecular complexity index is 371. The van der Waals surface area contributed by atoms with Gasteiger partial charge in [-0.25, -0.2) is 9.13 Å². The highest BCUT2D eigenvalue weighted by Gasteiger charge is 2.54. The molecule has 0 aromatic heterocycles. The summed E-state index contributed by atoms with van der Waals surface area (Å²) < 4.78 is 53.0. The molecule has 0 bridgehead atoms. The minimum absolute atomic E-state index is 0.193. The quantitative estimate of drug-likeness (QED) is 0.505. The zero-order chi connectivity index (χ0) is 12.0. The summed E-state index contributed by atoms with van der Waals surface area (Å²) in [7, 11) is -4.51. The number of hydrogen-bond donors (Lipinski definition) is 0. The lowest BCUT2D eigenvalue weighted by Gasteiger charge is -2.42. The van der Waals surface area contributed by atoms with Crippen molar-refractivity contribution < 1.29 is 31.4 Å². The van der Waals surface area contributed by atoms with Crippen molar-refractivity contribution in [2.75, 3.05) is 19.8 Å². The standard InChI is InChI=1S/C5H7Cl2FO6P2/c6-4-5(1-11-15(7,9)14-4)2-12-16(8,10)13-3-5/h4H,1-3H2. The fourth-order valence-corrected chi connectivity index (χ4v) is 4.05. The fraction of sp³-hybridized carbons (Fsp3) is 1.00. The molecule has 2 heterocycles. The van der Waals surface area contributed by atoms with Crippen LogP contribution in [0.5, 0.6) is 0 Å². The fourth-order valence-electron chi connectivity index (χ4n) is 1.23. The molecular weight excluding hydrogens is 308 g/mol. The molecule has 2 unspecified atom stereocenters. The topological polar surface area (TPSA) is 71.1 Å². The Kier molecular flexibility index (Phi) is 3.46. The maximum atomic E-state index is 12.8. The second-order valence-electron chi connectivity index (χ2n) is 3.47. The Labute approximate surface area is 100 Å². The van der Waals surface area contributed by atoms with Crippen molar-refractivity contribution in [2.45, 2.75) is 5.56 Å². The Morgan fingerprint density at radius 3 is 2.19 bits per heavy atom. The van der Waals surface area contributed by atoms with Crippen molar-refractivity contribution in [2.24, 2.45) is 5.41 Å². The van der Waals surface area contributed by atoms with E-state index >= 15 is 0 Å². The van der Waals surface area contributed by atoms with E-state index in [-0.39, 0.29) is 19.8 Å². The molecule has 0 radical (unpaired) electrons. The molecule has 2 atom stereocenters. The first-order valence-electron chi connectivity index (χ1n) is 4.10. The summed E-state index contributed by atoms with van der Waals surface area (Å²) in [4.78, 5) is 0. The van der Waals surface area contributed by atoms with Crippen LogP contribution in [0.25, 0.3) is 0 Å². The Morgan fingerprint density at radius 2 is 1.69 bits per heavy atom. The minimum Gasteiger partial charge on any atom is -0.296 e. The third-order valence-corrected chi connectivity index (χ3v) is 5.20. The molecule has 0 aromatic carbocycles. The summed E-state index contributed by atoms with van der Waals surface area (Å²) in [6.45, 7) is -4.55. The maximum absolute atomic E-state index is 12.8. The van der Waals surface area contributed by atoms with Gasteiger partial charge in [0.15, 0.2) is 5.56 Å². The van der Waals surface area contributed by atoms with Gasteiger partial charge in [-0.2, -0.15) is 0 Å². The molecule has 16 heavy (non-hydrogen) atoms. The highest BCUT2D eigenvalue weighted by molar-refractivity contribution is 7.81. The average Bonchev–Trinajstić information content (AvgIpc) is 2.15. The molecule has 2 aliphatic heterocycles. The Balaban J connectivity index is 2.11. The molecule has 0 amide bonds. The van der Waals surface area contributed by atoms with Gasteiger partial charge in [-0.3, -0.25) is 18.1 Å². The number of alkyl halides is 1. The van der Waals surface area contributed by atoms with Crippen molar-refractivity contribution in [1.29, 1.82) is 0 Å². The summed E-state index contributed by atoms with van der Waals surface area (Å²) in [5.74, 6) is 0. The van der Waals surface area contributed by atoms with Gasteiger partial charge in [0.05, 0.1) is 25.2 Å². The van der Waals surface area contributed by atoms with Gasteiger partial charge in [-0.15, -0.1) is 4.20 Å². The summed E-state index contributed by atoms with van der Waals surface area (Å²) in [6.07, 6.45) is 0. The van der Waals surface area contributed by atoms with Crippen LogP contribution in [0, 0.1) is 5.41 Å². The SMILES string of the molecule is O=P1(F)OCC2(CO1)COP(=O)(Cl)OC2Cl. The normalized spacial score (nSPS) is 54.1.